The predicted octanol–water partition coefficient (Wildman–Crippen LogP) is 1.00. The van der Waals surface area contributed by atoms with E-state index < -0.39 is 5.97 Å². The number of hydrazine groups is 1. The van der Waals surface area contributed by atoms with Gasteiger partial charge in [-0.2, -0.15) is 0 Å². The molecule has 5 heteroatoms. The molecule has 16 heavy (non-hydrogen) atoms. The van der Waals surface area contributed by atoms with Gasteiger partial charge >= 0.3 is 5.97 Å². The number of rotatable bonds is 5. The Hall–Kier alpha value is -1.10. The van der Waals surface area contributed by atoms with Crippen molar-refractivity contribution in [3.05, 3.63) is 0 Å². The molecule has 0 aromatic rings. The molecular weight excluding hydrogens is 208 g/mol. The zero-order valence-electron chi connectivity index (χ0n) is 9.74. The summed E-state index contributed by atoms with van der Waals surface area (Å²) >= 11 is 0. The molecule has 1 heterocycles. The maximum absolute atomic E-state index is 11.6. The first kappa shape index (κ1) is 13.0. The molecule has 0 aromatic heterocycles. The highest BCUT2D eigenvalue weighted by molar-refractivity contribution is 5.76. The van der Waals surface area contributed by atoms with Crippen LogP contribution < -0.4 is 5.43 Å². The molecule has 0 radical (unpaired) electrons. The van der Waals surface area contributed by atoms with E-state index in [2.05, 4.69) is 5.43 Å². The van der Waals surface area contributed by atoms with Crippen molar-refractivity contribution < 1.29 is 14.7 Å². The third kappa shape index (κ3) is 5.11. The fourth-order valence-electron chi connectivity index (χ4n) is 1.91. The number of aliphatic carboxylic acids is 1. The Morgan fingerprint density at radius 3 is 2.44 bits per heavy atom. The highest BCUT2D eigenvalue weighted by atomic mass is 16.4. The number of carbonyl (C=O) groups excluding carboxylic acids is 1. The fraction of sp³-hybridized carbons (Fsp3) is 0.818. The monoisotopic (exact) mass is 228 g/mol. The molecule has 0 aromatic carbocycles. The first-order chi connectivity index (χ1) is 7.58. The molecule has 92 valence electrons. The molecule has 2 N–H and O–H groups in total. The van der Waals surface area contributed by atoms with E-state index in [0.717, 1.165) is 25.9 Å². The SMILES string of the molecule is CC(CC(=O)O)CC(=O)NN1CCCCC1. The summed E-state index contributed by atoms with van der Waals surface area (Å²) in [5.74, 6) is -1.03. The van der Waals surface area contributed by atoms with Gasteiger partial charge in [-0.15, -0.1) is 0 Å². The van der Waals surface area contributed by atoms with Crippen LogP contribution in [0.1, 0.15) is 39.0 Å². The van der Waals surface area contributed by atoms with Gasteiger partial charge in [-0.05, 0) is 18.8 Å². The molecule has 0 spiro atoms. The Morgan fingerprint density at radius 1 is 1.25 bits per heavy atom. The number of nitrogens with one attached hydrogen (secondary N) is 1. The van der Waals surface area contributed by atoms with Crippen LogP contribution in [0.15, 0.2) is 0 Å². The van der Waals surface area contributed by atoms with E-state index in [1.165, 1.54) is 6.42 Å². The molecule has 1 aliphatic heterocycles. The topological polar surface area (TPSA) is 69.6 Å². The molecule has 1 aliphatic rings. The van der Waals surface area contributed by atoms with Crippen molar-refractivity contribution in [2.24, 2.45) is 5.92 Å². The first-order valence-corrected chi connectivity index (χ1v) is 5.84. The third-order valence-corrected chi connectivity index (χ3v) is 2.70. The van der Waals surface area contributed by atoms with Gasteiger partial charge in [0.25, 0.3) is 0 Å². The number of hydrogen-bond acceptors (Lipinski definition) is 3. The lowest BCUT2D eigenvalue weighted by molar-refractivity contribution is -0.138. The first-order valence-electron chi connectivity index (χ1n) is 5.84. The molecule has 1 unspecified atom stereocenters. The molecule has 1 saturated heterocycles. The molecule has 1 rings (SSSR count). The van der Waals surface area contributed by atoms with E-state index >= 15 is 0 Å². The maximum atomic E-state index is 11.6. The highest BCUT2D eigenvalue weighted by Gasteiger charge is 2.16. The molecule has 1 atom stereocenters. The van der Waals surface area contributed by atoms with Crippen molar-refractivity contribution in [2.45, 2.75) is 39.0 Å². The summed E-state index contributed by atoms with van der Waals surface area (Å²) in [7, 11) is 0. The average molecular weight is 228 g/mol. The molecule has 0 bridgehead atoms. The number of piperidine rings is 1. The predicted molar refractivity (Wildman–Crippen MR) is 59.6 cm³/mol. The molecular formula is C11H20N2O3. The van der Waals surface area contributed by atoms with Crippen LogP contribution in [0.2, 0.25) is 0 Å². The second-order valence-corrected chi connectivity index (χ2v) is 4.49. The third-order valence-electron chi connectivity index (χ3n) is 2.70. The largest absolute Gasteiger partial charge is 0.481 e. The molecule has 5 nitrogen and oxygen atoms in total. The standard InChI is InChI=1S/C11H20N2O3/c1-9(8-11(15)16)7-10(14)12-13-5-3-2-4-6-13/h9H,2-8H2,1H3,(H,12,14)(H,15,16). The summed E-state index contributed by atoms with van der Waals surface area (Å²) in [6.07, 6.45) is 3.79. The van der Waals surface area contributed by atoms with Gasteiger partial charge in [0.05, 0.1) is 0 Å². The normalized spacial score (nSPS) is 19.1. The van der Waals surface area contributed by atoms with Crippen molar-refractivity contribution in [1.29, 1.82) is 0 Å². The van der Waals surface area contributed by atoms with Crippen LogP contribution in [-0.2, 0) is 9.59 Å². The van der Waals surface area contributed by atoms with Gasteiger partial charge in [-0.25, -0.2) is 5.01 Å². The van der Waals surface area contributed by atoms with E-state index in [0.29, 0.717) is 0 Å². The van der Waals surface area contributed by atoms with Gasteiger partial charge in [0.1, 0.15) is 0 Å². The summed E-state index contributed by atoms with van der Waals surface area (Å²) < 4.78 is 0. The average Bonchev–Trinajstić information content (AvgIpc) is 2.17. The Bertz CT molecular complexity index is 250. The van der Waals surface area contributed by atoms with Crippen molar-refractivity contribution in [3.63, 3.8) is 0 Å². The second-order valence-electron chi connectivity index (χ2n) is 4.49. The minimum Gasteiger partial charge on any atom is -0.481 e. The summed E-state index contributed by atoms with van der Waals surface area (Å²) in [6, 6.07) is 0. The van der Waals surface area contributed by atoms with Gasteiger partial charge in [-0.3, -0.25) is 15.0 Å². The lowest BCUT2D eigenvalue weighted by atomic mass is 10.0. The lowest BCUT2D eigenvalue weighted by Crippen LogP contribution is -2.45. The highest BCUT2D eigenvalue weighted by Crippen LogP contribution is 2.09. The number of nitrogens with zero attached hydrogens (tertiary/aromatic N) is 1. The van der Waals surface area contributed by atoms with Crippen molar-refractivity contribution in [3.8, 4) is 0 Å². The van der Waals surface area contributed by atoms with Gasteiger partial charge in [0.2, 0.25) is 5.91 Å². The van der Waals surface area contributed by atoms with Gasteiger partial charge < -0.3 is 5.11 Å². The van der Waals surface area contributed by atoms with E-state index in [-0.39, 0.29) is 24.7 Å². The lowest BCUT2D eigenvalue weighted by Gasteiger charge is -2.27. The van der Waals surface area contributed by atoms with Gasteiger partial charge in [0, 0.05) is 25.9 Å². The van der Waals surface area contributed by atoms with Crippen LogP contribution in [0, 0.1) is 5.92 Å². The summed E-state index contributed by atoms with van der Waals surface area (Å²) in [6.45, 7) is 3.59. The quantitative estimate of drug-likeness (QED) is 0.736. The smallest absolute Gasteiger partial charge is 0.303 e. The van der Waals surface area contributed by atoms with Crippen LogP contribution in [0.25, 0.3) is 0 Å². The summed E-state index contributed by atoms with van der Waals surface area (Å²) in [5.41, 5.74) is 2.82. The Kier molecular flexibility index (Phi) is 5.25. The van der Waals surface area contributed by atoms with Crippen LogP contribution in [-0.4, -0.2) is 35.1 Å². The van der Waals surface area contributed by atoms with Crippen molar-refractivity contribution >= 4 is 11.9 Å². The van der Waals surface area contributed by atoms with E-state index in [9.17, 15) is 9.59 Å². The number of carbonyl (C=O) groups is 2. The van der Waals surface area contributed by atoms with Crippen molar-refractivity contribution in [2.75, 3.05) is 13.1 Å². The van der Waals surface area contributed by atoms with Crippen molar-refractivity contribution in [1.82, 2.24) is 10.4 Å². The molecule has 1 amide bonds. The summed E-state index contributed by atoms with van der Waals surface area (Å²) in [4.78, 5) is 22.0. The van der Waals surface area contributed by atoms with E-state index in [4.69, 9.17) is 5.11 Å². The Labute approximate surface area is 95.8 Å². The minimum absolute atomic E-state index is 0.0490. The Morgan fingerprint density at radius 2 is 1.88 bits per heavy atom. The van der Waals surface area contributed by atoms with Crippen LogP contribution in [0.3, 0.4) is 0 Å². The maximum Gasteiger partial charge on any atom is 0.303 e. The molecule has 0 aliphatic carbocycles. The van der Waals surface area contributed by atoms with Crippen LogP contribution in [0.4, 0.5) is 0 Å². The van der Waals surface area contributed by atoms with E-state index in [1.54, 1.807) is 6.92 Å². The minimum atomic E-state index is -0.849. The van der Waals surface area contributed by atoms with E-state index in [1.807, 2.05) is 5.01 Å². The molecule has 1 fully saturated rings. The van der Waals surface area contributed by atoms with Crippen LogP contribution in [0.5, 0.6) is 0 Å². The van der Waals surface area contributed by atoms with Gasteiger partial charge in [-0.1, -0.05) is 13.3 Å². The second kappa shape index (κ2) is 6.48. The fourth-order valence-corrected chi connectivity index (χ4v) is 1.91. The zero-order chi connectivity index (χ0) is 12.0. The number of carboxylic acids is 1. The number of carboxylic acid groups (broad SMARTS) is 1. The number of hydrogen-bond donors (Lipinski definition) is 2. The Balaban J connectivity index is 2.21. The van der Waals surface area contributed by atoms with Gasteiger partial charge in [0.15, 0.2) is 0 Å². The number of amides is 1. The van der Waals surface area contributed by atoms with Crippen LogP contribution >= 0.6 is 0 Å². The zero-order valence-corrected chi connectivity index (χ0v) is 9.74. The summed E-state index contributed by atoms with van der Waals surface area (Å²) in [5, 5.41) is 10.5. The molecule has 0 saturated carbocycles.